The van der Waals surface area contributed by atoms with Crippen LogP contribution in [0.1, 0.15) is 36.1 Å². The third-order valence-electron chi connectivity index (χ3n) is 5.30. The zero-order chi connectivity index (χ0) is 16.7. The molecule has 1 N–H and O–H groups in total. The van der Waals surface area contributed by atoms with Gasteiger partial charge in [0.2, 0.25) is 11.8 Å². The minimum absolute atomic E-state index is 0.0834. The highest BCUT2D eigenvalue weighted by Crippen LogP contribution is 2.44. The summed E-state index contributed by atoms with van der Waals surface area (Å²) in [5.41, 5.74) is 2.31. The molecular weight excluding hydrogens is 320 g/mol. The first-order valence-electron chi connectivity index (χ1n) is 8.35. The fourth-order valence-corrected chi connectivity index (χ4v) is 4.90. The van der Waals surface area contributed by atoms with Gasteiger partial charge in [0.15, 0.2) is 0 Å². The summed E-state index contributed by atoms with van der Waals surface area (Å²) >= 11 is 1.67. The van der Waals surface area contributed by atoms with Gasteiger partial charge in [0, 0.05) is 23.3 Å². The Hall–Kier alpha value is -2.14. The molecule has 0 spiro atoms. The Labute approximate surface area is 145 Å². The van der Waals surface area contributed by atoms with E-state index < -0.39 is 0 Å². The molecule has 4 nitrogen and oxygen atoms in total. The lowest BCUT2D eigenvalue weighted by molar-refractivity contribution is -0.121. The van der Waals surface area contributed by atoms with E-state index in [1.165, 1.54) is 0 Å². The number of fused-ring (bicyclic) bond motifs is 1. The Balaban J connectivity index is 1.60. The molecule has 2 aromatic rings. The molecule has 0 unspecified atom stereocenters. The molecule has 0 saturated heterocycles. The monoisotopic (exact) mass is 340 g/mol. The average Bonchev–Trinajstić information content (AvgIpc) is 3.29. The molecule has 0 radical (unpaired) electrons. The Morgan fingerprint density at radius 3 is 2.75 bits per heavy atom. The van der Waals surface area contributed by atoms with Crippen LogP contribution in [-0.4, -0.2) is 18.9 Å². The van der Waals surface area contributed by atoms with E-state index >= 15 is 0 Å². The molecule has 0 atom stereocenters. The molecule has 1 aliphatic heterocycles. The van der Waals surface area contributed by atoms with E-state index in [-0.39, 0.29) is 17.2 Å². The molecule has 1 fully saturated rings. The number of carbonyl (C=O) groups excluding carboxylic acids is 2. The van der Waals surface area contributed by atoms with Crippen LogP contribution in [0.3, 0.4) is 0 Å². The number of carbonyl (C=O) groups is 2. The number of benzene rings is 1. The number of thiophene rings is 1. The number of hydrogen-bond donors (Lipinski definition) is 1. The van der Waals surface area contributed by atoms with Gasteiger partial charge in [-0.3, -0.25) is 9.59 Å². The number of rotatable bonds is 3. The molecule has 124 valence electrons. The minimum Gasteiger partial charge on any atom is -0.325 e. The van der Waals surface area contributed by atoms with Gasteiger partial charge in [0.1, 0.15) is 0 Å². The molecule has 5 heteroatoms. The molecular formula is C19H20N2O2S. The van der Waals surface area contributed by atoms with Gasteiger partial charge in [0.25, 0.3) is 0 Å². The highest BCUT2D eigenvalue weighted by Gasteiger charge is 2.43. The highest BCUT2D eigenvalue weighted by molar-refractivity contribution is 7.10. The lowest BCUT2D eigenvalue weighted by Gasteiger charge is -2.26. The van der Waals surface area contributed by atoms with Crippen molar-refractivity contribution in [1.82, 2.24) is 0 Å². The van der Waals surface area contributed by atoms with E-state index in [0.29, 0.717) is 6.42 Å². The van der Waals surface area contributed by atoms with Crippen LogP contribution in [0.25, 0.3) is 0 Å². The van der Waals surface area contributed by atoms with Crippen LogP contribution in [0, 0.1) is 0 Å². The normalized spacial score (nSPS) is 18.7. The van der Waals surface area contributed by atoms with Gasteiger partial charge in [0.05, 0.1) is 11.8 Å². The van der Waals surface area contributed by atoms with Gasteiger partial charge in [-0.15, -0.1) is 11.3 Å². The second-order valence-electron chi connectivity index (χ2n) is 6.69. The number of likely N-dealkylation sites (N-methyl/N-ethyl adjacent to an activating group) is 1. The quantitative estimate of drug-likeness (QED) is 0.926. The molecule has 1 aliphatic carbocycles. The number of nitrogens with one attached hydrogen (secondary N) is 1. The molecule has 1 aromatic carbocycles. The van der Waals surface area contributed by atoms with Crippen molar-refractivity contribution in [3.8, 4) is 0 Å². The summed E-state index contributed by atoms with van der Waals surface area (Å²) in [6.45, 7) is 0. The summed E-state index contributed by atoms with van der Waals surface area (Å²) in [6.07, 6.45) is 4.41. The van der Waals surface area contributed by atoms with Crippen LogP contribution in [0.15, 0.2) is 35.7 Å². The first-order valence-corrected chi connectivity index (χ1v) is 9.23. The van der Waals surface area contributed by atoms with Gasteiger partial charge < -0.3 is 10.2 Å². The van der Waals surface area contributed by atoms with E-state index in [1.807, 2.05) is 29.6 Å². The van der Waals surface area contributed by atoms with Crippen LogP contribution in [0.5, 0.6) is 0 Å². The molecule has 2 amide bonds. The second kappa shape index (κ2) is 5.74. The van der Waals surface area contributed by atoms with Crippen molar-refractivity contribution in [2.45, 2.75) is 37.5 Å². The topological polar surface area (TPSA) is 49.4 Å². The molecule has 4 rings (SSSR count). The SMILES string of the molecule is CN1C(=O)Cc2cc(NC(=O)C3(c4cccs4)CCCC3)ccc21. The van der Waals surface area contributed by atoms with Gasteiger partial charge >= 0.3 is 0 Å². The van der Waals surface area contributed by atoms with Crippen LogP contribution >= 0.6 is 11.3 Å². The zero-order valence-electron chi connectivity index (χ0n) is 13.7. The summed E-state index contributed by atoms with van der Waals surface area (Å²) in [4.78, 5) is 27.7. The molecule has 1 aromatic heterocycles. The van der Waals surface area contributed by atoms with Crippen molar-refractivity contribution in [3.05, 3.63) is 46.2 Å². The third kappa shape index (κ3) is 2.35. The Kier molecular flexibility index (Phi) is 3.68. The van der Waals surface area contributed by atoms with Gasteiger partial charge in [-0.1, -0.05) is 18.9 Å². The highest BCUT2D eigenvalue weighted by atomic mass is 32.1. The molecule has 2 heterocycles. The summed E-state index contributed by atoms with van der Waals surface area (Å²) in [5, 5.41) is 5.15. The number of hydrogen-bond acceptors (Lipinski definition) is 3. The fraction of sp³-hybridized carbons (Fsp3) is 0.368. The maximum absolute atomic E-state index is 13.1. The average molecular weight is 340 g/mol. The van der Waals surface area contributed by atoms with Crippen LogP contribution in [-0.2, 0) is 21.4 Å². The van der Waals surface area contributed by atoms with Crippen LogP contribution in [0.2, 0.25) is 0 Å². The smallest absolute Gasteiger partial charge is 0.235 e. The van der Waals surface area contributed by atoms with E-state index in [1.54, 1.807) is 23.3 Å². The third-order valence-corrected chi connectivity index (χ3v) is 6.37. The Morgan fingerprint density at radius 2 is 2.04 bits per heavy atom. The standard InChI is InChI=1S/C19H20N2O2S/c1-21-15-7-6-14(11-13(15)12-17(21)22)20-18(23)19(8-2-3-9-19)16-5-4-10-24-16/h4-7,10-11H,2-3,8-9,12H2,1H3,(H,20,23). The van der Waals surface area contributed by atoms with Crippen molar-refractivity contribution in [3.63, 3.8) is 0 Å². The Bertz CT molecular complexity index is 792. The number of nitrogens with zero attached hydrogens (tertiary/aromatic N) is 1. The van der Waals surface area contributed by atoms with Gasteiger partial charge in [-0.05, 0) is 48.1 Å². The van der Waals surface area contributed by atoms with Crippen molar-refractivity contribution < 1.29 is 9.59 Å². The first kappa shape index (κ1) is 15.4. The van der Waals surface area contributed by atoms with E-state index in [2.05, 4.69) is 11.4 Å². The van der Waals surface area contributed by atoms with E-state index in [4.69, 9.17) is 0 Å². The molecule has 1 saturated carbocycles. The molecule has 0 bridgehead atoms. The maximum atomic E-state index is 13.1. The molecule has 24 heavy (non-hydrogen) atoms. The van der Waals surface area contributed by atoms with Crippen LogP contribution < -0.4 is 10.2 Å². The predicted octanol–water partition coefficient (Wildman–Crippen LogP) is 3.72. The van der Waals surface area contributed by atoms with Gasteiger partial charge in [-0.25, -0.2) is 0 Å². The van der Waals surface area contributed by atoms with Crippen molar-refractivity contribution in [2.24, 2.45) is 0 Å². The maximum Gasteiger partial charge on any atom is 0.235 e. The fourth-order valence-electron chi connectivity index (χ4n) is 3.91. The molecule has 2 aliphatic rings. The van der Waals surface area contributed by atoms with Crippen LogP contribution in [0.4, 0.5) is 11.4 Å². The summed E-state index contributed by atoms with van der Waals surface area (Å²) in [5.74, 6) is 0.180. The lowest BCUT2D eigenvalue weighted by Crippen LogP contribution is -2.37. The largest absolute Gasteiger partial charge is 0.325 e. The summed E-state index contributed by atoms with van der Waals surface area (Å²) in [6, 6.07) is 9.84. The van der Waals surface area contributed by atoms with Crippen molar-refractivity contribution in [1.29, 1.82) is 0 Å². The first-order chi connectivity index (χ1) is 11.6. The summed E-state index contributed by atoms with van der Waals surface area (Å²) < 4.78 is 0. The number of amides is 2. The zero-order valence-corrected chi connectivity index (χ0v) is 14.5. The van der Waals surface area contributed by atoms with Crippen molar-refractivity contribution in [2.75, 3.05) is 17.3 Å². The van der Waals surface area contributed by atoms with E-state index in [9.17, 15) is 9.59 Å². The van der Waals surface area contributed by atoms with E-state index in [0.717, 1.165) is 47.5 Å². The predicted molar refractivity (Wildman–Crippen MR) is 96.7 cm³/mol. The lowest BCUT2D eigenvalue weighted by atomic mass is 9.83. The van der Waals surface area contributed by atoms with Crippen molar-refractivity contribution >= 4 is 34.5 Å². The minimum atomic E-state index is -0.389. The number of anilines is 2. The van der Waals surface area contributed by atoms with Gasteiger partial charge in [-0.2, -0.15) is 0 Å². The Morgan fingerprint density at radius 1 is 1.25 bits per heavy atom. The second-order valence-corrected chi connectivity index (χ2v) is 7.64. The summed E-state index contributed by atoms with van der Waals surface area (Å²) in [7, 11) is 1.79.